The van der Waals surface area contributed by atoms with Gasteiger partial charge in [-0.3, -0.25) is 4.79 Å². The molecule has 0 heterocycles. The highest BCUT2D eigenvalue weighted by Crippen LogP contribution is 2.15. The van der Waals surface area contributed by atoms with Crippen molar-refractivity contribution in [2.75, 3.05) is 12.4 Å². The third-order valence-corrected chi connectivity index (χ3v) is 2.31. The van der Waals surface area contributed by atoms with Gasteiger partial charge in [0, 0.05) is 12.4 Å². The average Bonchev–Trinajstić information content (AvgIpc) is 2.05. The van der Waals surface area contributed by atoms with Crippen molar-refractivity contribution in [1.29, 1.82) is 0 Å². The summed E-state index contributed by atoms with van der Waals surface area (Å²) in [6, 6.07) is 0. The minimum Gasteiger partial charge on any atom is -0.481 e. The zero-order valence-electron chi connectivity index (χ0n) is 8.19. The predicted molar refractivity (Wildman–Crippen MR) is 55.3 cm³/mol. The maximum absolute atomic E-state index is 10.8. The zero-order valence-corrected chi connectivity index (χ0v) is 9.09. The van der Waals surface area contributed by atoms with Crippen LogP contribution in [0.25, 0.3) is 0 Å². The van der Waals surface area contributed by atoms with Crippen LogP contribution in [0.4, 0.5) is 0 Å². The molecule has 0 aromatic carbocycles. The number of rotatable bonds is 7. The van der Waals surface area contributed by atoms with Crippen LogP contribution in [0.15, 0.2) is 0 Å². The Kier molecular flexibility index (Phi) is 7.09. The van der Waals surface area contributed by atoms with Crippen LogP contribution in [0.5, 0.6) is 0 Å². The van der Waals surface area contributed by atoms with Crippen LogP contribution in [0.3, 0.4) is 0 Å². The molecule has 78 valence electrons. The highest BCUT2D eigenvalue weighted by Gasteiger charge is 2.26. The molecule has 0 aliphatic heterocycles. The van der Waals surface area contributed by atoms with Gasteiger partial charge in [-0.1, -0.05) is 13.3 Å². The molecular weight excluding hydrogens is 188 g/mol. The van der Waals surface area contributed by atoms with Crippen LogP contribution < -0.4 is 0 Å². The maximum Gasteiger partial charge on any atom is 0.309 e. The number of hydrogen-bond acceptors (Lipinski definition) is 3. The van der Waals surface area contributed by atoms with E-state index in [-0.39, 0.29) is 6.10 Å². The van der Waals surface area contributed by atoms with Crippen molar-refractivity contribution in [3.8, 4) is 0 Å². The lowest BCUT2D eigenvalue weighted by atomic mass is 10.0. The molecule has 3 nitrogen and oxygen atoms in total. The standard InChI is InChI=1S/C9H18O3S/c1-3-5-8(12-4-2)7(6-13)9(10)11/h7-8,13H,3-6H2,1-2H3,(H,10,11). The summed E-state index contributed by atoms with van der Waals surface area (Å²) in [5, 5.41) is 8.87. The summed E-state index contributed by atoms with van der Waals surface area (Å²) in [5.41, 5.74) is 0. The number of hydrogen-bond donors (Lipinski definition) is 2. The Bertz CT molecular complexity index is 144. The molecule has 1 N–H and O–H groups in total. The van der Waals surface area contributed by atoms with Crippen molar-refractivity contribution in [2.24, 2.45) is 5.92 Å². The van der Waals surface area contributed by atoms with Crippen LogP contribution in [0.2, 0.25) is 0 Å². The van der Waals surface area contributed by atoms with Crippen LogP contribution in [-0.2, 0) is 9.53 Å². The third kappa shape index (κ3) is 4.52. The van der Waals surface area contributed by atoms with Gasteiger partial charge < -0.3 is 9.84 Å². The Labute approximate surface area is 84.9 Å². The normalized spacial score (nSPS) is 15.3. The van der Waals surface area contributed by atoms with E-state index in [1.807, 2.05) is 13.8 Å². The number of carbonyl (C=O) groups is 1. The Hall–Kier alpha value is -0.220. The van der Waals surface area contributed by atoms with E-state index >= 15 is 0 Å². The van der Waals surface area contributed by atoms with E-state index in [0.717, 1.165) is 12.8 Å². The first-order chi connectivity index (χ1) is 6.17. The number of thiol groups is 1. The smallest absolute Gasteiger partial charge is 0.309 e. The van der Waals surface area contributed by atoms with Gasteiger partial charge in [-0.2, -0.15) is 12.6 Å². The summed E-state index contributed by atoms with van der Waals surface area (Å²) in [5.74, 6) is -0.967. The van der Waals surface area contributed by atoms with E-state index in [0.29, 0.717) is 12.4 Å². The molecule has 0 amide bonds. The van der Waals surface area contributed by atoms with Gasteiger partial charge in [0.05, 0.1) is 12.0 Å². The summed E-state index contributed by atoms with van der Waals surface area (Å²) >= 11 is 4.02. The molecule has 0 rings (SSSR count). The minimum atomic E-state index is -0.818. The van der Waals surface area contributed by atoms with Gasteiger partial charge in [0.2, 0.25) is 0 Å². The van der Waals surface area contributed by atoms with E-state index in [1.165, 1.54) is 0 Å². The van der Waals surface area contributed by atoms with Crippen molar-refractivity contribution in [3.63, 3.8) is 0 Å². The van der Waals surface area contributed by atoms with Gasteiger partial charge in [-0.05, 0) is 13.3 Å². The Morgan fingerprint density at radius 3 is 2.46 bits per heavy atom. The maximum atomic E-state index is 10.8. The molecule has 0 radical (unpaired) electrons. The van der Waals surface area contributed by atoms with Crippen molar-refractivity contribution >= 4 is 18.6 Å². The van der Waals surface area contributed by atoms with Gasteiger partial charge >= 0.3 is 5.97 Å². The third-order valence-electron chi connectivity index (χ3n) is 1.92. The first-order valence-electron chi connectivity index (χ1n) is 4.62. The number of ether oxygens (including phenoxy) is 1. The van der Waals surface area contributed by atoms with Crippen molar-refractivity contribution in [2.45, 2.75) is 32.8 Å². The van der Waals surface area contributed by atoms with Crippen LogP contribution in [-0.4, -0.2) is 29.5 Å². The van der Waals surface area contributed by atoms with Gasteiger partial charge in [0.1, 0.15) is 0 Å². The van der Waals surface area contributed by atoms with E-state index < -0.39 is 11.9 Å². The van der Waals surface area contributed by atoms with Crippen molar-refractivity contribution < 1.29 is 14.6 Å². The average molecular weight is 206 g/mol. The topological polar surface area (TPSA) is 46.5 Å². The van der Waals surface area contributed by atoms with E-state index in [9.17, 15) is 4.79 Å². The molecule has 0 aliphatic rings. The fraction of sp³-hybridized carbons (Fsp3) is 0.889. The van der Waals surface area contributed by atoms with Crippen LogP contribution >= 0.6 is 12.6 Å². The van der Waals surface area contributed by atoms with E-state index in [1.54, 1.807) is 0 Å². The molecule has 0 aromatic heterocycles. The summed E-state index contributed by atoms with van der Waals surface area (Å²) in [6.45, 7) is 4.45. The first kappa shape index (κ1) is 12.8. The highest BCUT2D eigenvalue weighted by molar-refractivity contribution is 7.80. The molecule has 0 bridgehead atoms. The second kappa shape index (κ2) is 7.21. The lowest BCUT2D eigenvalue weighted by molar-refractivity contribution is -0.146. The van der Waals surface area contributed by atoms with Crippen LogP contribution in [0.1, 0.15) is 26.7 Å². The minimum absolute atomic E-state index is 0.190. The Balaban J connectivity index is 4.20. The molecule has 0 spiro atoms. The van der Waals surface area contributed by atoms with Crippen molar-refractivity contribution in [3.05, 3.63) is 0 Å². The molecule has 2 unspecified atom stereocenters. The zero-order chi connectivity index (χ0) is 10.3. The number of aliphatic carboxylic acids is 1. The lowest BCUT2D eigenvalue weighted by Gasteiger charge is -2.21. The number of carboxylic acid groups (broad SMARTS) is 1. The largest absolute Gasteiger partial charge is 0.481 e. The predicted octanol–water partition coefficient (Wildman–Crippen LogP) is 1.82. The molecule has 0 saturated heterocycles. The fourth-order valence-electron chi connectivity index (χ4n) is 1.25. The Morgan fingerprint density at radius 2 is 2.15 bits per heavy atom. The highest BCUT2D eigenvalue weighted by atomic mass is 32.1. The summed E-state index contributed by atoms with van der Waals surface area (Å²) < 4.78 is 5.37. The summed E-state index contributed by atoms with van der Waals surface area (Å²) in [7, 11) is 0. The monoisotopic (exact) mass is 206 g/mol. The molecule has 4 heteroatoms. The van der Waals surface area contributed by atoms with Crippen LogP contribution in [0, 0.1) is 5.92 Å². The molecule has 0 aromatic rings. The van der Waals surface area contributed by atoms with E-state index in [2.05, 4.69) is 12.6 Å². The Morgan fingerprint density at radius 1 is 1.54 bits per heavy atom. The molecule has 13 heavy (non-hydrogen) atoms. The number of carboxylic acids is 1. The van der Waals surface area contributed by atoms with E-state index in [4.69, 9.17) is 9.84 Å². The first-order valence-corrected chi connectivity index (χ1v) is 5.25. The van der Waals surface area contributed by atoms with Gasteiger partial charge in [0.15, 0.2) is 0 Å². The molecule has 0 aliphatic carbocycles. The second-order valence-electron chi connectivity index (χ2n) is 2.91. The van der Waals surface area contributed by atoms with Gasteiger partial charge in [0.25, 0.3) is 0 Å². The second-order valence-corrected chi connectivity index (χ2v) is 3.27. The molecule has 0 saturated carbocycles. The molecule has 0 fully saturated rings. The summed E-state index contributed by atoms with van der Waals surface area (Å²) in [6.07, 6.45) is 1.53. The molecule has 2 atom stereocenters. The summed E-state index contributed by atoms with van der Waals surface area (Å²) in [4.78, 5) is 10.8. The van der Waals surface area contributed by atoms with Crippen molar-refractivity contribution in [1.82, 2.24) is 0 Å². The lowest BCUT2D eigenvalue weighted by Crippen LogP contribution is -2.32. The fourth-order valence-corrected chi connectivity index (χ4v) is 1.65. The molecular formula is C9H18O3S. The quantitative estimate of drug-likeness (QED) is 0.625. The van der Waals surface area contributed by atoms with Gasteiger partial charge in [-0.25, -0.2) is 0 Å². The van der Waals surface area contributed by atoms with Gasteiger partial charge in [-0.15, -0.1) is 0 Å². The SMILES string of the molecule is CCCC(OCC)C(CS)C(=O)O.